The monoisotopic (exact) mass is 268 g/mol. The van der Waals surface area contributed by atoms with Gasteiger partial charge in [-0.3, -0.25) is 4.79 Å². The van der Waals surface area contributed by atoms with E-state index in [0.717, 1.165) is 39.0 Å². The van der Waals surface area contributed by atoms with Gasteiger partial charge in [0.05, 0.1) is 6.10 Å². The first-order valence-corrected chi connectivity index (χ1v) is 7.57. The second-order valence-electron chi connectivity index (χ2n) is 6.49. The van der Waals surface area contributed by atoms with Gasteiger partial charge in [0.1, 0.15) is 0 Å². The Balaban J connectivity index is 1.93. The Morgan fingerprint density at radius 3 is 2.53 bits per heavy atom. The van der Waals surface area contributed by atoms with E-state index in [0.29, 0.717) is 18.1 Å². The minimum Gasteiger partial charge on any atom is -0.378 e. The van der Waals surface area contributed by atoms with Gasteiger partial charge < -0.3 is 15.0 Å². The summed E-state index contributed by atoms with van der Waals surface area (Å²) in [4.78, 5) is 14.5. The summed E-state index contributed by atoms with van der Waals surface area (Å²) in [6.45, 7) is 9.17. The summed E-state index contributed by atoms with van der Waals surface area (Å²) >= 11 is 0. The molecule has 110 valence electrons. The van der Waals surface area contributed by atoms with Crippen molar-refractivity contribution in [3.63, 3.8) is 0 Å². The van der Waals surface area contributed by atoms with E-state index >= 15 is 0 Å². The van der Waals surface area contributed by atoms with Crippen LogP contribution < -0.4 is 5.32 Å². The molecule has 1 aliphatic carbocycles. The van der Waals surface area contributed by atoms with E-state index in [2.05, 4.69) is 19.2 Å². The molecule has 1 heterocycles. The van der Waals surface area contributed by atoms with Gasteiger partial charge in [-0.2, -0.15) is 0 Å². The minimum atomic E-state index is 0.0767. The molecule has 1 saturated carbocycles. The van der Waals surface area contributed by atoms with E-state index in [1.165, 1.54) is 0 Å². The number of piperidine rings is 1. The number of hydrogen-bond acceptors (Lipinski definition) is 3. The van der Waals surface area contributed by atoms with Gasteiger partial charge in [-0.1, -0.05) is 13.8 Å². The number of amides is 1. The van der Waals surface area contributed by atoms with Gasteiger partial charge in [0.2, 0.25) is 5.91 Å². The quantitative estimate of drug-likeness (QED) is 0.843. The van der Waals surface area contributed by atoms with Crippen molar-refractivity contribution in [3.8, 4) is 0 Å². The average Bonchev–Trinajstić information content (AvgIpc) is 2.42. The first-order valence-electron chi connectivity index (χ1n) is 7.57. The lowest BCUT2D eigenvalue weighted by atomic mass is 9.63. The first-order chi connectivity index (χ1) is 8.98. The standard InChI is InChI=1S/C15H28N2O2/c1-5-19-13-10-12(15(13,2)3)17(4)14(18)11-6-8-16-9-7-11/h11-13,16H,5-10H2,1-4H3/t12-,13-/m1/s1. The molecule has 0 unspecified atom stereocenters. The molecule has 1 amide bonds. The Morgan fingerprint density at radius 2 is 2.00 bits per heavy atom. The molecular formula is C15H28N2O2. The Kier molecular flexibility index (Phi) is 4.51. The second-order valence-corrected chi connectivity index (χ2v) is 6.49. The van der Waals surface area contributed by atoms with Crippen LogP contribution in [0.25, 0.3) is 0 Å². The van der Waals surface area contributed by atoms with Crippen LogP contribution in [0.2, 0.25) is 0 Å². The molecule has 4 nitrogen and oxygen atoms in total. The van der Waals surface area contributed by atoms with Crippen molar-refractivity contribution in [2.75, 3.05) is 26.7 Å². The zero-order valence-corrected chi connectivity index (χ0v) is 12.7. The van der Waals surface area contributed by atoms with Crippen LogP contribution in [-0.2, 0) is 9.53 Å². The van der Waals surface area contributed by atoms with E-state index < -0.39 is 0 Å². The van der Waals surface area contributed by atoms with Crippen LogP contribution in [0.3, 0.4) is 0 Å². The number of ether oxygens (including phenoxy) is 1. The van der Waals surface area contributed by atoms with Gasteiger partial charge in [-0.05, 0) is 39.3 Å². The number of rotatable bonds is 4. The fraction of sp³-hybridized carbons (Fsp3) is 0.933. The van der Waals surface area contributed by atoms with Crippen LogP contribution in [0.4, 0.5) is 0 Å². The third kappa shape index (κ3) is 2.79. The summed E-state index contributed by atoms with van der Waals surface area (Å²) in [5, 5.41) is 3.32. The van der Waals surface area contributed by atoms with E-state index in [4.69, 9.17) is 4.74 Å². The highest BCUT2D eigenvalue weighted by Crippen LogP contribution is 2.45. The van der Waals surface area contributed by atoms with Gasteiger partial charge >= 0.3 is 0 Å². The number of carbonyl (C=O) groups excluding carboxylic acids is 1. The summed E-state index contributed by atoms with van der Waals surface area (Å²) in [6.07, 6.45) is 3.23. The van der Waals surface area contributed by atoms with Crippen LogP contribution in [0, 0.1) is 11.3 Å². The van der Waals surface area contributed by atoms with Crippen molar-refractivity contribution in [2.45, 2.75) is 52.2 Å². The highest BCUT2D eigenvalue weighted by Gasteiger charge is 2.52. The molecule has 0 spiro atoms. The molecule has 2 rings (SSSR count). The van der Waals surface area contributed by atoms with Crippen LogP contribution in [0.5, 0.6) is 0 Å². The minimum absolute atomic E-state index is 0.0767. The smallest absolute Gasteiger partial charge is 0.225 e. The average molecular weight is 268 g/mol. The van der Waals surface area contributed by atoms with Crippen molar-refractivity contribution in [1.29, 1.82) is 0 Å². The van der Waals surface area contributed by atoms with Gasteiger partial charge in [-0.25, -0.2) is 0 Å². The fourth-order valence-electron chi connectivity index (χ4n) is 3.52. The summed E-state index contributed by atoms with van der Waals surface area (Å²) in [6, 6.07) is 0.325. The molecule has 0 aromatic rings. The van der Waals surface area contributed by atoms with Crippen LogP contribution >= 0.6 is 0 Å². The molecule has 2 atom stereocenters. The van der Waals surface area contributed by atoms with Gasteiger partial charge in [0, 0.05) is 31.0 Å². The predicted octanol–water partition coefficient (Wildman–Crippen LogP) is 1.65. The molecule has 1 N–H and O–H groups in total. The summed E-state index contributed by atoms with van der Waals surface area (Å²) < 4.78 is 5.75. The van der Waals surface area contributed by atoms with E-state index in [-0.39, 0.29) is 11.3 Å². The van der Waals surface area contributed by atoms with Crippen molar-refractivity contribution < 1.29 is 9.53 Å². The molecule has 2 aliphatic rings. The van der Waals surface area contributed by atoms with Crippen molar-refractivity contribution in [1.82, 2.24) is 10.2 Å². The Bertz CT molecular complexity index is 324. The highest BCUT2D eigenvalue weighted by atomic mass is 16.5. The molecular weight excluding hydrogens is 240 g/mol. The Hall–Kier alpha value is -0.610. The van der Waals surface area contributed by atoms with E-state index in [1.807, 2.05) is 18.9 Å². The fourth-order valence-corrected chi connectivity index (χ4v) is 3.52. The van der Waals surface area contributed by atoms with Crippen LogP contribution in [-0.4, -0.2) is 49.7 Å². The SMILES string of the molecule is CCO[C@@H]1C[C@@H](N(C)C(=O)C2CCNCC2)C1(C)C. The molecule has 0 bridgehead atoms. The summed E-state index contributed by atoms with van der Waals surface area (Å²) in [5.74, 6) is 0.544. The lowest BCUT2D eigenvalue weighted by Crippen LogP contribution is -2.63. The predicted molar refractivity (Wildman–Crippen MR) is 76.0 cm³/mol. The second kappa shape index (κ2) is 5.80. The maximum Gasteiger partial charge on any atom is 0.225 e. The largest absolute Gasteiger partial charge is 0.378 e. The third-order valence-corrected chi connectivity index (χ3v) is 5.00. The van der Waals surface area contributed by atoms with Crippen molar-refractivity contribution in [2.24, 2.45) is 11.3 Å². The number of nitrogens with zero attached hydrogens (tertiary/aromatic N) is 1. The maximum atomic E-state index is 12.5. The number of nitrogens with one attached hydrogen (secondary N) is 1. The van der Waals surface area contributed by atoms with Crippen molar-refractivity contribution in [3.05, 3.63) is 0 Å². The molecule has 0 aromatic carbocycles. The molecule has 4 heteroatoms. The molecule has 19 heavy (non-hydrogen) atoms. The normalized spacial score (nSPS) is 30.7. The molecule has 0 aromatic heterocycles. The van der Waals surface area contributed by atoms with E-state index in [1.54, 1.807) is 0 Å². The van der Waals surface area contributed by atoms with Gasteiger partial charge in [-0.15, -0.1) is 0 Å². The third-order valence-electron chi connectivity index (χ3n) is 5.00. The van der Waals surface area contributed by atoms with Crippen LogP contribution in [0.15, 0.2) is 0 Å². The zero-order valence-electron chi connectivity index (χ0n) is 12.7. The van der Waals surface area contributed by atoms with Crippen LogP contribution in [0.1, 0.15) is 40.0 Å². The molecule has 2 fully saturated rings. The number of hydrogen-bond donors (Lipinski definition) is 1. The summed E-state index contributed by atoms with van der Waals surface area (Å²) in [7, 11) is 1.97. The topological polar surface area (TPSA) is 41.6 Å². The lowest BCUT2D eigenvalue weighted by Gasteiger charge is -2.55. The van der Waals surface area contributed by atoms with Gasteiger partial charge in [0.25, 0.3) is 0 Å². The van der Waals surface area contributed by atoms with Gasteiger partial charge in [0.15, 0.2) is 0 Å². The summed E-state index contributed by atoms with van der Waals surface area (Å²) in [5.41, 5.74) is 0.0767. The molecule has 0 radical (unpaired) electrons. The molecule has 1 aliphatic heterocycles. The van der Waals surface area contributed by atoms with E-state index in [9.17, 15) is 4.79 Å². The number of carbonyl (C=O) groups is 1. The Labute approximate surface area is 116 Å². The maximum absolute atomic E-state index is 12.5. The first kappa shape index (κ1) is 14.8. The highest BCUT2D eigenvalue weighted by molar-refractivity contribution is 5.79. The van der Waals surface area contributed by atoms with Crippen molar-refractivity contribution >= 4 is 5.91 Å². The zero-order chi connectivity index (χ0) is 14.0. The molecule has 1 saturated heterocycles. The lowest BCUT2D eigenvalue weighted by molar-refractivity contribution is -0.166. The Morgan fingerprint density at radius 1 is 1.37 bits per heavy atom.